The van der Waals surface area contributed by atoms with Gasteiger partial charge in [-0.2, -0.15) is 0 Å². The maximum atomic E-state index is 9.68. The summed E-state index contributed by atoms with van der Waals surface area (Å²) in [5, 5.41) is 9.68. The van der Waals surface area contributed by atoms with Gasteiger partial charge in [0, 0.05) is 10.5 Å². The van der Waals surface area contributed by atoms with E-state index in [0.717, 1.165) is 23.3 Å². The van der Waals surface area contributed by atoms with Gasteiger partial charge in [-0.25, -0.2) is 0 Å². The molecular weight excluding hydrogens is 216 g/mol. The number of phenolic OH excluding ortho intramolecular Hbond substituents is 1. The Hall–Kier alpha value is -0.630. The topological polar surface area (TPSA) is 20.2 Å². The zero-order chi connectivity index (χ0) is 11.8. The summed E-state index contributed by atoms with van der Waals surface area (Å²) >= 11 is 4.37. The second-order valence-corrected chi connectivity index (χ2v) is 4.77. The van der Waals surface area contributed by atoms with Crippen LogP contribution in [0, 0.1) is 0 Å². The van der Waals surface area contributed by atoms with Gasteiger partial charge in [-0.05, 0) is 25.0 Å². The van der Waals surface area contributed by atoms with Gasteiger partial charge in [-0.15, -0.1) is 12.6 Å². The van der Waals surface area contributed by atoms with Gasteiger partial charge in [0.2, 0.25) is 0 Å². The van der Waals surface area contributed by atoms with Crippen molar-refractivity contribution < 1.29 is 5.11 Å². The second kappa shape index (κ2) is 7.61. The van der Waals surface area contributed by atoms with Gasteiger partial charge < -0.3 is 5.11 Å². The lowest BCUT2D eigenvalue weighted by molar-refractivity contribution is 0.463. The first-order valence-corrected chi connectivity index (χ1v) is 6.70. The Morgan fingerprint density at radius 3 is 2.44 bits per heavy atom. The van der Waals surface area contributed by atoms with Gasteiger partial charge in [0.25, 0.3) is 0 Å². The molecule has 16 heavy (non-hydrogen) atoms. The molecule has 0 saturated carbocycles. The van der Waals surface area contributed by atoms with Crippen molar-refractivity contribution in [1.82, 2.24) is 0 Å². The Bertz CT molecular complexity index is 289. The summed E-state index contributed by atoms with van der Waals surface area (Å²) in [7, 11) is 0. The van der Waals surface area contributed by atoms with E-state index in [0.29, 0.717) is 5.75 Å². The lowest BCUT2D eigenvalue weighted by atomic mass is 10.0. The Morgan fingerprint density at radius 1 is 1.06 bits per heavy atom. The van der Waals surface area contributed by atoms with Crippen molar-refractivity contribution in [3.8, 4) is 5.75 Å². The van der Waals surface area contributed by atoms with Crippen LogP contribution in [0.4, 0.5) is 0 Å². The van der Waals surface area contributed by atoms with Gasteiger partial charge >= 0.3 is 0 Å². The number of hydrogen-bond donors (Lipinski definition) is 2. The van der Waals surface area contributed by atoms with E-state index in [9.17, 15) is 5.11 Å². The molecule has 1 aromatic carbocycles. The van der Waals surface area contributed by atoms with Crippen molar-refractivity contribution in [2.45, 2.75) is 56.8 Å². The first-order valence-electron chi connectivity index (χ1n) is 6.25. The number of phenols is 1. The fraction of sp³-hybridized carbons (Fsp3) is 0.571. The molecule has 0 atom stereocenters. The average molecular weight is 238 g/mol. The van der Waals surface area contributed by atoms with E-state index in [2.05, 4.69) is 19.6 Å². The third kappa shape index (κ3) is 4.48. The molecule has 90 valence electrons. The average Bonchev–Trinajstić information content (AvgIpc) is 2.26. The number of aromatic hydroxyl groups is 1. The van der Waals surface area contributed by atoms with Gasteiger partial charge in [-0.1, -0.05) is 45.1 Å². The summed E-state index contributed by atoms with van der Waals surface area (Å²) in [5.74, 6) is 0.390. The standard InChI is InChI=1S/C14H22OS/c1-2-3-4-5-6-7-9-12-13(15)10-8-11-14(12)16/h8,10-11,15-16H,2-7,9H2,1H3. The van der Waals surface area contributed by atoms with Gasteiger partial charge in [-0.3, -0.25) is 0 Å². The number of unbranched alkanes of at least 4 members (excludes halogenated alkanes) is 5. The Kier molecular flexibility index (Phi) is 6.39. The summed E-state index contributed by atoms with van der Waals surface area (Å²) in [6.45, 7) is 2.23. The van der Waals surface area contributed by atoms with E-state index in [1.165, 1.54) is 32.1 Å². The molecule has 0 radical (unpaired) electrons. The molecule has 2 heteroatoms. The maximum Gasteiger partial charge on any atom is 0.119 e. The molecule has 0 bridgehead atoms. The van der Waals surface area contributed by atoms with Crippen LogP contribution >= 0.6 is 12.6 Å². The third-order valence-electron chi connectivity index (χ3n) is 2.91. The van der Waals surface area contributed by atoms with Crippen molar-refractivity contribution in [3.05, 3.63) is 23.8 Å². The number of rotatable bonds is 7. The lowest BCUT2D eigenvalue weighted by Gasteiger charge is -2.07. The van der Waals surface area contributed by atoms with Crippen LogP contribution in [0.25, 0.3) is 0 Å². The van der Waals surface area contributed by atoms with Crippen molar-refractivity contribution in [3.63, 3.8) is 0 Å². The minimum absolute atomic E-state index is 0.390. The molecule has 0 fully saturated rings. The van der Waals surface area contributed by atoms with E-state index in [1.807, 2.05) is 12.1 Å². The predicted molar refractivity (Wildman–Crippen MR) is 72.4 cm³/mol. The normalized spacial score (nSPS) is 10.6. The van der Waals surface area contributed by atoms with Crippen LogP contribution in [-0.4, -0.2) is 5.11 Å². The largest absolute Gasteiger partial charge is 0.508 e. The highest BCUT2D eigenvalue weighted by Crippen LogP contribution is 2.25. The molecule has 0 amide bonds. The van der Waals surface area contributed by atoms with E-state index in [1.54, 1.807) is 6.07 Å². The van der Waals surface area contributed by atoms with Gasteiger partial charge in [0.1, 0.15) is 5.75 Å². The highest BCUT2D eigenvalue weighted by Gasteiger charge is 2.04. The summed E-state index contributed by atoms with van der Waals surface area (Å²) < 4.78 is 0. The molecular formula is C14H22OS. The summed E-state index contributed by atoms with van der Waals surface area (Å²) in [6.07, 6.45) is 8.62. The Balaban J connectivity index is 2.26. The molecule has 0 aliphatic rings. The second-order valence-electron chi connectivity index (χ2n) is 4.29. The summed E-state index contributed by atoms with van der Waals surface area (Å²) in [6, 6.07) is 5.52. The molecule has 0 aliphatic heterocycles. The quantitative estimate of drug-likeness (QED) is 0.526. The van der Waals surface area contributed by atoms with Crippen molar-refractivity contribution in [1.29, 1.82) is 0 Å². The number of thiol groups is 1. The zero-order valence-electron chi connectivity index (χ0n) is 10.1. The third-order valence-corrected chi connectivity index (χ3v) is 3.33. The van der Waals surface area contributed by atoms with Crippen LogP contribution in [0.3, 0.4) is 0 Å². The van der Waals surface area contributed by atoms with E-state index in [4.69, 9.17) is 0 Å². The first kappa shape index (κ1) is 13.4. The summed E-state index contributed by atoms with van der Waals surface area (Å²) in [4.78, 5) is 0.911. The van der Waals surface area contributed by atoms with Crippen LogP contribution < -0.4 is 0 Å². The molecule has 0 spiro atoms. The van der Waals surface area contributed by atoms with Crippen LogP contribution in [0.1, 0.15) is 51.0 Å². The SMILES string of the molecule is CCCCCCCCc1c(O)cccc1S. The zero-order valence-corrected chi connectivity index (χ0v) is 11.0. The van der Waals surface area contributed by atoms with E-state index < -0.39 is 0 Å². The number of benzene rings is 1. The Labute approximate surface area is 104 Å². The molecule has 0 heterocycles. The maximum absolute atomic E-state index is 9.68. The van der Waals surface area contributed by atoms with E-state index >= 15 is 0 Å². The fourth-order valence-corrected chi connectivity index (χ4v) is 2.21. The molecule has 1 nitrogen and oxygen atoms in total. The minimum Gasteiger partial charge on any atom is -0.508 e. The number of hydrogen-bond acceptors (Lipinski definition) is 2. The van der Waals surface area contributed by atoms with Crippen LogP contribution in [0.15, 0.2) is 23.1 Å². The van der Waals surface area contributed by atoms with Crippen LogP contribution in [0.2, 0.25) is 0 Å². The monoisotopic (exact) mass is 238 g/mol. The van der Waals surface area contributed by atoms with Crippen LogP contribution in [0.5, 0.6) is 5.75 Å². The van der Waals surface area contributed by atoms with Gasteiger partial charge in [0.15, 0.2) is 0 Å². The van der Waals surface area contributed by atoms with Crippen LogP contribution in [-0.2, 0) is 6.42 Å². The van der Waals surface area contributed by atoms with E-state index in [-0.39, 0.29) is 0 Å². The van der Waals surface area contributed by atoms with Gasteiger partial charge in [0.05, 0.1) is 0 Å². The highest BCUT2D eigenvalue weighted by molar-refractivity contribution is 7.80. The first-order chi connectivity index (χ1) is 7.75. The molecule has 1 aromatic rings. The molecule has 1 N–H and O–H groups in total. The van der Waals surface area contributed by atoms with Crippen molar-refractivity contribution in [2.24, 2.45) is 0 Å². The van der Waals surface area contributed by atoms with Crippen molar-refractivity contribution in [2.75, 3.05) is 0 Å². The molecule has 1 rings (SSSR count). The smallest absolute Gasteiger partial charge is 0.119 e. The minimum atomic E-state index is 0.390. The molecule has 0 unspecified atom stereocenters. The van der Waals surface area contributed by atoms with Crippen molar-refractivity contribution >= 4 is 12.6 Å². The molecule has 0 aromatic heterocycles. The predicted octanol–water partition coefficient (Wildman–Crippen LogP) is 4.58. The highest BCUT2D eigenvalue weighted by atomic mass is 32.1. The fourth-order valence-electron chi connectivity index (χ4n) is 1.90. The summed E-state index contributed by atoms with van der Waals surface area (Å²) in [5.41, 5.74) is 1.00. The molecule has 0 saturated heterocycles. The molecule has 0 aliphatic carbocycles. The Morgan fingerprint density at radius 2 is 1.75 bits per heavy atom. The lowest BCUT2D eigenvalue weighted by Crippen LogP contribution is -1.89.